The van der Waals surface area contributed by atoms with Crippen LogP contribution < -0.4 is 9.64 Å². The van der Waals surface area contributed by atoms with Gasteiger partial charge in [0, 0.05) is 18.7 Å². The van der Waals surface area contributed by atoms with Crippen molar-refractivity contribution < 1.29 is 28.2 Å². The standard InChI is InChI=1S/C19H16FNO5/c1-25-18(23)12-2-8-16(9-3-12)26-19(24)13-10-17(22)21(11-13)15-6-4-14(20)5-7-15/h2-9,13H,10-11H2,1H3/t13-/m1/s1. The molecular weight excluding hydrogens is 341 g/mol. The second-order valence-corrected chi connectivity index (χ2v) is 5.82. The first-order chi connectivity index (χ1) is 12.5. The van der Waals surface area contributed by atoms with E-state index in [1.807, 2.05) is 0 Å². The molecule has 7 heteroatoms. The monoisotopic (exact) mass is 357 g/mol. The lowest BCUT2D eigenvalue weighted by Gasteiger charge is -2.16. The Bertz CT molecular complexity index is 832. The van der Waals surface area contributed by atoms with E-state index in [9.17, 15) is 18.8 Å². The number of halogens is 1. The van der Waals surface area contributed by atoms with Gasteiger partial charge in [0.2, 0.25) is 5.91 Å². The van der Waals surface area contributed by atoms with Gasteiger partial charge in [0.15, 0.2) is 0 Å². The maximum Gasteiger partial charge on any atom is 0.337 e. The first kappa shape index (κ1) is 17.6. The van der Waals surface area contributed by atoms with Crippen LogP contribution in [0.4, 0.5) is 10.1 Å². The van der Waals surface area contributed by atoms with Crippen molar-refractivity contribution in [3.05, 3.63) is 59.9 Å². The highest BCUT2D eigenvalue weighted by Gasteiger charge is 2.36. The minimum Gasteiger partial charge on any atom is -0.465 e. The Morgan fingerprint density at radius 3 is 2.35 bits per heavy atom. The molecule has 0 unspecified atom stereocenters. The van der Waals surface area contributed by atoms with E-state index in [4.69, 9.17) is 4.74 Å². The van der Waals surface area contributed by atoms with Crippen molar-refractivity contribution >= 4 is 23.5 Å². The molecule has 1 fully saturated rings. The highest BCUT2D eigenvalue weighted by molar-refractivity contribution is 5.99. The van der Waals surface area contributed by atoms with Crippen molar-refractivity contribution in [2.45, 2.75) is 6.42 Å². The molecule has 0 radical (unpaired) electrons. The second kappa shape index (κ2) is 7.35. The van der Waals surface area contributed by atoms with Crippen molar-refractivity contribution in [1.29, 1.82) is 0 Å². The largest absolute Gasteiger partial charge is 0.465 e. The number of carbonyl (C=O) groups is 3. The Labute approximate surface area is 149 Å². The van der Waals surface area contributed by atoms with Crippen LogP contribution in [0.2, 0.25) is 0 Å². The molecule has 0 aliphatic carbocycles. The minimum atomic E-state index is -0.618. The van der Waals surface area contributed by atoms with E-state index in [2.05, 4.69) is 4.74 Å². The van der Waals surface area contributed by atoms with Gasteiger partial charge in [-0.3, -0.25) is 9.59 Å². The van der Waals surface area contributed by atoms with Crippen LogP contribution in [0.25, 0.3) is 0 Å². The summed E-state index contributed by atoms with van der Waals surface area (Å²) in [4.78, 5) is 37.3. The predicted octanol–water partition coefficient (Wildman–Crippen LogP) is 2.57. The molecule has 1 heterocycles. The number of esters is 2. The molecule has 1 aliphatic heterocycles. The number of methoxy groups -OCH3 is 1. The molecule has 1 amide bonds. The normalized spacial score (nSPS) is 16.5. The summed E-state index contributed by atoms with van der Waals surface area (Å²) in [6, 6.07) is 11.4. The number of carbonyl (C=O) groups excluding carboxylic acids is 3. The van der Waals surface area contributed by atoms with Crippen molar-refractivity contribution in [2.24, 2.45) is 5.92 Å². The van der Waals surface area contributed by atoms with Crippen molar-refractivity contribution in [3.8, 4) is 5.75 Å². The molecule has 1 atom stereocenters. The van der Waals surface area contributed by atoms with E-state index in [1.165, 1.54) is 60.5 Å². The quantitative estimate of drug-likeness (QED) is 0.621. The Balaban J connectivity index is 1.64. The summed E-state index contributed by atoms with van der Waals surface area (Å²) in [6.07, 6.45) is 0.0243. The van der Waals surface area contributed by atoms with Crippen LogP contribution >= 0.6 is 0 Å². The second-order valence-electron chi connectivity index (χ2n) is 5.82. The Morgan fingerprint density at radius 2 is 1.73 bits per heavy atom. The summed E-state index contributed by atoms with van der Waals surface area (Å²) in [5, 5.41) is 0. The molecule has 0 aromatic heterocycles. The molecule has 1 aliphatic rings. The maximum absolute atomic E-state index is 13.0. The van der Waals surface area contributed by atoms with E-state index >= 15 is 0 Å². The molecule has 26 heavy (non-hydrogen) atoms. The third-order valence-corrected chi connectivity index (χ3v) is 4.09. The van der Waals surface area contributed by atoms with E-state index in [0.29, 0.717) is 11.3 Å². The van der Waals surface area contributed by atoms with Crippen LogP contribution in [0.3, 0.4) is 0 Å². The maximum atomic E-state index is 13.0. The highest BCUT2D eigenvalue weighted by atomic mass is 19.1. The summed E-state index contributed by atoms with van der Waals surface area (Å²) < 4.78 is 22.9. The average Bonchev–Trinajstić information content (AvgIpc) is 3.04. The van der Waals surface area contributed by atoms with Crippen LogP contribution in [-0.2, 0) is 14.3 Å². The lowest BCUT2D eigenvalue weighted by atomic mass is 10.1. The fraction of sp³-hybridized carbons (Fsp3) is 0.211. The van der Waals surface area contributed by atoms with Crippen LogP contribution in [0, 0.1) is 11.7 Å². The van der Waals surface area contributed by atoms with Crippen LogP contribution in [0.1, 0.15) is 16.8 Å². The van der Waals surface area contributed by atoms with Gasteiger partial charge >= 0.3 is 11.9 Å². The van der Waals surface area contributed by atoms with Gasteiger partial charge in [-0.1, -0.05) is 0 Å². The summed E-state index contributed by atoms with van der Waals surface area (Å²) in [6.45, 7) is 0.170. The smallest absolute Gasteiger partial charge is 0.337 e. The number of anilines is 1. The molecule has 0 saturated carbocycles. The zero-order chi connectivity index (χ0) is 18.7. The van der Waals surface area contributed by atoms with Gasteiger partial charge in [0.1, 0.15) is 11.6 Å². The Morgan fingerprint density at radius 1 is 1.08 bits per heavy atom. The summed E-state index contributed by atoms with van der Waals surface area (Å²) >= 11 is 0. The van der Waals surface area contributed by atoms with Crippen molar-refractivity contribution in [3.63, 3.8) is 0 Å². The number of hydrogen-bond donors (Lipinski definition) is 0. The molecule has 0 spiro atoms. The van der Waals surface area contributed by atoms with E-state index in [0.717, 1.165) is 0 Å². The minimum absolute atomic E-state index is 0.0243. The van der Waals surface area contributed by atoms with Gasteiger partial charge in [0.05, 0.1) is 18.6 Å². The van der Waals surface area contributed by atoms with E-state index in [1.54, 1.807) is 0 Å². The number of ether oxygens (including phenoxy) is 2. The highest BCUT2D eigenvalue weighted by Crippen LogP contribution is 2.26. The molecule has 3 rings (SSSR count). The van der Waals surface area contributed by atoms with Crippen molar-refractivity contribution in [2.75, 3.05) is 18.6 Å². The molecule has 134 valence electrons. The lowest BCUT2D eigenvalue weighted by Crippen LogP contribution is -2.27. The van der Waals surface area contributed by atoms with Crippen LogP contribution in [0.5, 0.6) is 5.75 Å². The summed E-state index contributed by atoms with van der Waals surface area (Å²) in [5.41, 5.74) is 0.875. The van der Waals surface area contributed by atoms with Gasteiger partial charge in [-0.15, -0.1) is 0 Å². The number of rotatable bonds is 4. The number of nitrogens with zero attached hydrogens (tertiary/aromatic N) is 1. The fourth-order valence-corrected chi connectivity index (χ4v) is 2.71. The summed E-state index contributed by atoms with van der Waals surface area (Å²) in [5.74, 6) is -1.98. The molecule has 6 nitrogen and oxygen atoms in total. The SMILES string of the molecule is COC(=O)c1ccc(OC(=O)[C@@H]2CC(=O)N(c3ccc(F)cc3)C2)cc1. The zero-order valence-electron chi connectivity index (χ0n) is 14.0. The van der Waals surface area contributed by atoms with Crippen molar-refractivity contribution in [1.82, 2.24) is 0 Å². The van der Waals surface area contributed by atoms with Gasteiger partial charge in [-0.05, 0) is 48.5 Å². The average molecular weight is 357 g/mol. The van der Waals surface area contributed by atoms with E-state index in [-0.39, 0.29) is 24.6 Å². The van der Waals surface area contributed by atoms with Crippen LogP contribution in [-0.4, -0.2) is 31.5 Å². The van der Waals surface area contributed by atoms with Crippen LogP contribution in [0.15, 0.2) is 48.5 Å². The Kier molecular flexibility index (Phi) is 4.97. The first-order valence-corrected chi connectivity index (χ1v) is 7.94. The summed E-state index contributed by atoms with van der Waals surface area (Å²) in [7, 11) is 1.28. The Hall–Kier alpha value is -3.22. The number of amides is 1. The third kappa shape index (κ3) is 3.72. The van der Waals surface area contributed by atoms with Gasteiger partial charge < -0.3 is 14.4 Å². The fourth-order valence-electron chi connectivity index (χ4n) is 2.71. The van der Waals surface area contributed by atoms with Gasteiger partial charge in [0.25, 0.3) is 0 Å². The van der Waals surface area contributed by atoms with Gasteiger partial charge in [-0.2, -0.15) is 0 Å². The molecule has 2 aromatic rings. The third-order valence-electron chi connectivity index (χ3n) is 4.09. The number of benzene rings is 2. The molecular formula is C19H16FNO5. The predicted molar refractivity (Wildman–Crippen MR) is 90.3 cm³/mol. The van der Waals surface area contributed by atoms with Gasteiger partial charge in [-0.25, -0.2) is 9.18 Å². The zero-order valence-corrected chi connectivity index (χ0v) is 14.0. The van der Waals surface area contributed by atoms with E-state index < -0.39 is 23.7 Å². The number of hydrogen-bond acceptors (Lipinski definition) is 5. The molecule has 1 saturated heterocycles. The lowest BCUT2D eigenvalue weighted by molar-refractivity contribution is -0.139. The molecule has 2 aromatic carbocycles. The molecule has 0 N–H and O–H groups in total. The first-order valence-electron chi connectivity index (χ1n) is 7.94. The topological polar surface area (TPSA) is 72.9 Å². The molecule has 0 bridgehead atoms.